The lowest BCUT2D eigenvalue weighted by molar-refractivity contribution is -0.127. The highest BCUT2D eigenvalue weighted by molar-refractivity contribution is 5.96. The maximum absolute atomic E-state index is 12.5. The molecule has 0 radical (unpaired) electrons. The Morgan fingerprint density at radius 1 is 1.50 bits per heavy atom. The molecule has 0 aromatic heterocycles. The Labute approximate surface area is 118 Å². The lowest BCUT2D eigenvalue weighted by Crippen LogP contribution is -2.41. The fourth-order valence-corrected chi connectivity index (χ4v) is 2.21. The summed E-state index contributed by atoms with van der Waals surface area (Å²) in [6.45, 7) is 1.57. The van der Waals surface area contributed by atoms with E-state index in [2.05, 4.69) is 6.07 Å². The number of benzene rings is 1. The van der Waals surface area contributed by atoms with E-state index in [-0.39, 0.29) is 12.0 Å². The Morgan fingerprint density at radius 3 is 2.80 bits per heavy atom. The van der Waals surface area contributed by atoms with Crippen molar-refractivity contribution < 1.29 is 14.3 Å². The Bertz CT molecular complexity index is 487. The summed E-state index contributed by atoms with van der Waals surface area (Å²) in [6.07, 6.45) is 1.32. The molecular formula is C15H18N2O3. The summed E-state index contributed by atoms with van der Waals surface area (Å²) >= 11 is 0. The molecule has 1 aromatic carbocycles. The SMILES string of the molecule is COCCN(C(=O)[C@H]1CCCO1)c1ccc(C#N)cc1. The molecule has 0 bridgehead atoms. The van der Waals surface area contributed by atoms with Crippen LogP contribution in [0.3, 0.4) is 0 Å². The Hall–Kier alpha value is -1.90. The summed E-state index contributed by atoms with van der Waals surface area (Å²) in [5.41, 5.74) is 1.34. The molecule has 1 atom stereocenters. The molecule has 20 heavy (non-hydrogen) atoms. The van der Waals surface area contributed by atoms with Crippen LogP contribution < -0.4 is 4.90 Å². The third-order valence-corrected chi connectivity index (χ3v) is 3.30. The minimum atomic E-state index is -0.359. The van der Waals surface area contributed by atoms with Crippen molar-refractivity contribution in [1.82, 2.24) is 0 Å². The van der Waals surface area contributed by atoms with Crippen molar-refractivity contribution in [3.8, 4) is 6.07 Å². The third-order valence-electron chi connectivity index (χ3n) is 3.30. The molecular weight excluding hydrogens is 256 g/mol. The first-order chi connectivity index (χ1) is 9.76. The maximum atomic E-state index is 12.5. The van der Waals surface area contributed by atoms with Crippen LogP contribution in [0.1, 0.15) is 18.4 Å². The summed E-state index contributed by atoms with van der Waals surface area (Å²) in [7, 11) is 1.60. The molecule has 1 saturated heterocycles. The molecule has 1 amide bonds. The normalized spacial score (nSPS) is 17.7. The number of nitriles is 1. The zero-order valence-corrected chi connectivity index (χ0v) is 11.5. The van der Waals surface area contributed by atoms with Gasteiger partial charge in [0.15, 0.2) is 0 Å². The number of rotatable bonds is 5. The molecule has 0 aliphatic carbocycles. The number of carbonyl (C=O) groups is 1. The van der Waals surface area contributed by atoms with Crippen molar-refractivity contribution in [1.29, 1.82) is 5.26 Å². The van der Waals surface area contributed by atoms with Crippen LogP contribution in [-0.2, 0) is 14.3 Å². The molecule has 1 fully saturated rings. The minimum absolute atomic E-state index is 0.0377. The highest BCUT2D eigenvalue weighted by Gasteiger charge is 2.28. The molecule has 1 heterocycles. The number of anilines is 1. The first-order valence-electron chi connectivity index (χ1n) is 6.68. The van der Waals surface area contributed by atoms with Gasteiger partial charge >= 0.3 is 0 Å². The number of nitrogens with zero attached hydrogens (tertiary/aromatic N) is 2. The molecule has 0 saturated carbocycles. The summed E-state index contributed by atoms with van der Waals surface area (Å²) in [5, 5.41) is 8.82. The zero-order chi connectivity index (χ0) is 14.4. The largest absolute Gasteiger partial charge is 0.383 e. The van der Waals surface area contributed by atoms with E-state index in [0.717, 1.165) is 18.5 Å². The van der Waals surface area contributed by atoms with Crippen molar-refractivity contribution in [2.75, 3.05) is 31.8 Å². The van der Waals surface area contributed by atoms with Crippen molar-refractivity contribution in [2.45, 2.75) is 18.9 Å². The van der Waals surface area contributed by atoms with Gasteiger partial charge in [-0.3, -0.25) is 4.79 Å². The van der Waals surface area contributed by atoms with E-state index in [4.69, 9.17) is 14.7 Å². The maximum Gasteiger partial charge on any atom is 0.256 e. The van der Waals surface area contributed by atoms with Crippen molar-refractivity contribution in [2.24, 2.45) is 0 Å². The van der Waals surface area contributed by atoms with Gasteiger partial charge in [-0.15, -0.1) is 0 Å². The highest BCUT2D eigenvalue weighted by atomic mass is 16.5. The average molecular weight is 274 g/mol. The van der Waals surface area contributed by atoms with E-state index in [0.29, 0.717) is 25.3 Å². The van der Waals surface area contributed by atoms with Gasteiger partial charge in [0.25, 0.3) is 5.91 Å². The topological polar surface area (TPSA) is 62.6 Å². The van der Waals surface area contributed by atoms with Gasteiger partial charge in [-0.25, -0.2) is 0 Å². The highest BCUT2D eigenvalue weighted by Crippen LogP contribution is 2.21. The van der Waals surface area contributed by atoms with Crippen LogP contribution in [0.15, 0.2) is 24.3 Å². The van der Waals surface area contributed by atoms with Gasteiger partial charge in [0.1, 0.15) is 6.10 Å². The van der Waals surface area contributed by atoms with Crippen LogP contribution in [0, 0.1) is 11.3 Å². The Morgan fingerprint density at radius 2 is 2.25 bits per heavy atom. The fourth-order valence-electron chi connectivity index (χ4n) is 2.21. The van der Waals surface area contributed by atoms with E-state index in [1.54, 1.807) is 36.3 Å². The van der Waals surface area contributed by atoms with Crippen molar-refractivity contribution in [3.05, 3.63) is 29.8 Å². The van der Waals surface area contributed by atoms with E-state index in [9.17, 15) is 4.79 Å². The second-order valence-corrected chi connectivity index (χ2v) is 4.64. The lowest BCUT2D eigenvalue weighted by atomic mass is 10.1. The van der Waals surface area contributed by atoms with Crippen LogP contribution in [0.2, 0.25) is 0 Å². The van der Waals surface area contributed by atoms with Crippen LogP contribution >= 0.6 is 0 Å². The van der Waals surface area contributed by atoms with E-state index < -0.39 is 0 Å². The second-order valence-electron chi connectivity index (χ2n) is 4.64. The lowest BCUT2D eigenvalue weighted by Gasteiger charge is -2.25. The summed E-state index contributed by atoms with van der Waals surface area (Å²) in [5.74, 6) is -0.0377. The monoisotopic (exact) mass is 274 g/mol. The predicted molar refractivity (Wildman–Crippen MR) is 74.4 cm³/mol. The van der Waals surface area contributed by atoms with Gasteiger partial charge in [-0.2, -0.15) is 5.26 Å². The first-order valence-corrected chi connectivity index (χ1v) is 6.68. The molecule has 0 spiro atoms. The number of hydrogen-bond donors (Lipinski definition) is 0. The molecule has 2 rings (SSSR count). The first kappa shape index (κ1) is 14.5. The number of hydrogen-bond acceptors (Lipinski definition) is 4. The summed E-state index contributed by atoms with van der Waals surface area (Å²) < 4.78 is 10.5. The number of carbonyl (C=O) groups excluding carboxylic acids is 1. The van der Waals surface area contributed by atoms with Crippen molar-refractivity contribution in [3.63, 3.8) is 0 Å². The molecule has 0 N–H and O–H groups in total. The van der Waals surface area contributed by atoms with Gasteiger partial charge in [-0.05, 0) is 37.1 Å². The molecule has 5 nitrogen and oxygen atoms in total. The van der Waals surface area contributed by atoms with Crippen LogP contribution in [0.5, 0.6) is 0 Å². The van der Waals surface area contributed by atoms with Gasteiger partial charge in [-0.1, -0.05) is 0 Å². The second kappa shape index (κ2) is 7.04. The van der Waals surface area contributed by atoms with Gasteiger partial charge in [0.05, 0.1) is 18.2 Å². The van der Waals surface area contributed by atoms with Gasteiger partial charge in [0.2, 0.25) is 0 Å². The van der Waals surface area contributed by atoms with E-state index in [1.165, 1.54) is 0 Å². The smallest absolute Gasteiger partial charge is 0.256 e. The zero-order valence-electron chi connectivity index (χ0n) is 11.5. The van der Waals surface area contributed by atoms with Crippen LogP contribution in [0.25, 0.3) is 0 Å². The van der Waals surface area contributed by atoms with E-state index >= 15 is 0 Å². The molecule has 5 heteroatoms. The molecule has 1 aliphatic rings. The fraction of sp³-hybridized carbons (Fsp3) is 0.467. The standard InChI is InChI=1S/C15H18N2O3/c1-19-10-8-17(15(18)14-3-2-9-20-14)13-6-4-12(11-16)5-7-13/h4-7,14H,2-3,8-10H2,1H3/t14-/m1/s1. The summed E-state index contributed by atoms with van der Waals surface area (Å²) in [6, 6.07) is 9.04. The Kier molecular flexibility index (Phi) is 5.10. The number of amides is 1. The molecule has 0 unspecified atom stereocenters. The van der Waals surface area contributed by atoms with E-state index in [1.807, 2.05) is 0 Å². The molecule has 106 valence electrons. The average Bonchev–Trinajstić information content (AvgIpc) is 3.02. The minimum Gasteiger partial charge on any atom is -0.383 e. The quantitative estimate of drug-likeness (QED) is 0.820. The van der Waals surface area contributed by atoms with Crippen LogP contribution in [0.4, 0.5) is 5.69 Å². The third kappa shape index (κ3) is 3.35. The predicted octanol–water partition coefficient (Wildman–Crippen LogP) is 1.72. The van der Waals surface area contributed by atoms with Crippen molar-refractivity contribution >= 4 is 11.6 Å². The van der Waals surface area contributed by atoms with Gasteiger partial charge < -0.3 is 14.4 Å². The summed E-state index contributed by atoms with van der Waals surface area (Å²) in [4.78, 5) is 14.2. The number of methoxy groups -OCH3 is 1. The molecule has 1 aliphatic heterocycles. The molecule has 1 aromatic rings. The Balaban J connectivity index is 2.16. The number of ether oxygens (including phenoxy) is 2. The van der Waals surface area contributed by atoms with Crippen LogP contribution in [-0.4, -0.2) is 38.9 Å². The van der Waals surface area contributed by atoms with Gasteiger partial charge in [0, 0.05) is 25.9 Å².